The number of aliphatic hydroxyl groups excluding tert-OH is 1. The fraction of sp³-hybridized carbons (Fsp3) is 0.444. The molecule has 4 saturated carbocycles. The van der Waals surface area contributed by atoms with Gasteiger partial charge in [-0.05, 0) is 114 Å². The van der Waals surface area contributed by atoms with Gasteiger partial charge in [0, 0.05) is 29.0 Å². The second kappa shape index (κ2) is 13.1. The Morgan fingerprint density at radius 1 is 0.917 bits per heavy atom. The lowest BCUT2D eigenvalue weighted by molar-refractivity contribution is -0.245. The second-order valence-corrected chi connectivity index (χ2v) is 14.9. The lowest BCUT2D eigenvalue weighted by Gasteiger charge is -2.56. The molecule has 250 valence electrons. The molecule has 5 fully saturated rings. The topological polar surface area (TPSA) is 144 Å². The number of phenolic OH excluding ortho intramolecular Hbond substituents is 1. The molecule has 4 N–H and O–H groups in total. The number of aromatic hydroxyl groups is 1. The summed E-state index contributed by atoms with van der Waals surface area (Å²) >= 11 is 1.48. The van der Waals surface area contributed by atoms with Crippen LogP contribution in [0.1, 0.15) is 74.0 Å². The summed E-state index contributed by atoms with van der Waals surface area (Å²) in [4.78, 5) is 13.3. The number of ether oxygens (including phenoxy) is 2. The summed E-state index contributed by atoms with van der Waals surface area (Å²) in [6, 6.07) is 22.0. The van der Waals surface area contributed by atoms with Gasteiger partial charge >= 0.3 is 6.03 Å². The molecule has 1 aromatic heterocycles. The number of urea groups is 1. The van der Waals surface area contributed by atoms with Crippen LogP contribution in [0.2, 0.25) is 0 Å². The predicted octanol–water partition coefficient (Wildman–Crippen LogP) is 6.29. The van der Waals surface area contributed by atoms with Crippen LogP contribution < -0.4 is 10.6 Å². The van der Waals surface area contributed by atoms with Crippen molar-refractivity contribution < 1.29 is 24.5 Å². The van der Waals surface area contributed by atoms with Crippen LogP contribution in [-0.4, -0.2) is 53.8 Å². The third kappa shape index (κ3) is 6.67. The molecule has 0 spiro atoms. The van der Waals surface area contributed by atoms with Gasteiger partial charge in [-0.15, -0.1) is 5.10 Å². The molecule has 2 heterocycles. The van der Waals surface area contributed by atoms with Crippen LogP contribution >= 0.6 is 11.8 Å². The molecule has 48 heavy (non-hydrogen) atoms. The van der Waals surface area contributed by atoms with Crippen LogP contribution in [-0.2, 0) is 16.1 Å². The first-order chi connectivity index (χ1) is 23.4. The molecular formula is C36H40N6O5S. The minimum absolute atomic E-state index is 0.0250. The standard InChI is InChI=1S/C36H40N6O5S/c43-20-22-4-6-26(7-5-22)32-16-31(21-48-35-39-40-41-42(35)29-8-10-30(44)11-9-29)46-33(47-32)27-2-1-3-28(15-27)37-34(45)38-36-17-23-12-24(18-36)14-25(13-23)19-36/h1-11,15,23-25,31-33,43-44H,12-14,16-21H2,(H2,37,38,45)/t23?,24?,25?,31-,32+,33+,36?/m1/s1. The number of hydrogen-bond donors (Lipinski definition) is 4. The van der Waals surface area contributed by atoms with E-state index in [0.717, 1.165) is 59.4 Å². The lowest BCUT2D eigenvalue weighted by Crippen LogP contribution is -2.60. The summed E-state index contributed by atoms with van der Waals surface area (Å²) in [6.07, 6.45) is 6.73. The Labute approximate surface area is 283 Å². The van der Waals surface area contributed by atoms with Crippen molar-refractivity contribution in [3.63, 3.8) is 0 Å². The zero-order valence-corrected chi connectivity index (χ0v) is 27.4. The number of nitrogens with zero attached hydrogens (tertiary/aromatic N) is 4. The Hall–Kier alpha value is -3.97. The fourth-order valence-corrected chi connectivity index (χ4v) is 9.55. The summed E-state index contributed by atoms with van der Waals surface area (Å²) in [6.45, 7) is -0.0250. The van der Waals surface area contributed by atoms with Gasteiger partial charge in [0.2, 0.25) is 5.16 Å². The van der Waals surface area contributed by atoms with Crippen LogP contribution in [0.3, 0.4) is 0 Å². The zero-order valence-electron chi connectivity index (χ0n) is 26.6. The van der Waals surface area contributed by atoms with Crippen molar-refractivity contribution in [3.8, 4) is 11.4 Å². The molecule has 1 saturated heterocycles. The highest BCUT2D eigenvalue weighted by atomic mass is 32.2. The van der Waals surface area contributed by atoms with E-state index < -0.39 is 6.29 Å². The van der Waals surface area contributed by atoms with Gasteiger partial charge in [0.1, 0.15) is 5.75 Å². The van der Waals surface area contributed by atoms with Crippen LogP contribution in [0.25, 0.3) is 5.69 Å². The quantitative estimate of drug-likeness (QED) is 0.151. The van der Waals surface area contributed by atoms with Gasteiger partial charge in [-0.1, -0.05) is 48.2 Å². The Morgan fingerprint density at radius 3 is 2.35 bits per heavy atom. The third-order valence-corrected chi connectivity index (χ3v) is 11.4. The third-order valence-electron chi connectivity index (χ3n) is 10.4. The minimum atomic E-state index is -0.673. The number of phenols is 1. The zero-order chi connectivity index (χ0) is 32.7. The highest BCUT2D eigenvalue weighted by Gasteiger charge is 2.51. The maximum atomic E-state index is 13.3. The van der Waals surface area contributed by atoms with Crippen molar-refractivity contribution in [3.05, 3.63) is 89.5 Å². The number of anilines is 1. The number of carbonyl (C=O) groups is 1. The van der Waals surface area contributed by atoms with E-state index in [9.17, 15) is 15.0 Å². The summed E-state index contributed by atoms with van der Waals surface area (Å²) in [7, 11) is 0. The van der Waals surface area contributed by atoms with E-state index >= 15 is 0 Å². The van der Waals surface area contributed by atoms with Gasteiger partial charge in [0.25, 0.3) is 0 Å². The molecule has 1 aliphatic heterocycles. The number of thioether (sulfide) groups is 1. The van der Waals surface area contributed by atoms with Crippen LogP contribution in [0.5, 0.6) is 5.75 Å². The van der Waals surface area contributed by atoms with Crippen molar-refractivity contribution >= 4 is 23.5 Å². The van der Waals surface area contributed by atoms with Gasteiger partial charge in [-0.3, -0.25) is 0 Å². The average Bonchev–Trinajstić information content (AvgIpc) is 3.55. The lowest BCUT2D eigenvalue weighted by atomic mass is 9.53. The molecule has 5 aliphatic rings. The average molecular weight is 669 g/mol. The monoisotopic (exact) mass is 668 g/mol. The van der Waals surface area contributed by atoms with Crippen molar-refractivity contribution in [1.29, 1.82) is 0 Å². The molecule has 4 aliphatic carbocycles. The highest BCUT2D eigenvalue weighted by Crippen LogP contribution is 2.55. The summed E-state index contributed by atoms with van der Waals surface area (Å²) < 4.78 is 14.8. The molecule has 4 bridgehead atoms. The number of amides is 2. The van der Waals surface area contributed by atoms with E-state index in [-0.39, 0.29) is 36.1 Å². The molecule has 9 rings (SSSR count). The first kappa shape index (κ1) is 31.3. The van der Waals surface area contributed by atoms with Gasteiger partial charge in [0.15, 0.2) is 6.29 Å². The van der Waals surface area contributed by atoms with E-state index in [2.05, 4.69) is 26.2 Å². The van der Waals surface area contributed by atoms with Crippen molar-refractivity contribution in [2.75, 3.05) is 11.1 Å². The summed E-state index contributed by atoms with van der Waals surface area (Å²) in [5.74, 6) is 2.98. The molecular weight excluding hydrogens is 629 g/mol. The molecule has 11 nitrogen and oxygen atoms in total. The van der Waals surface area contributed by atoms with E-state index in [0.29, 0.717) is 23.0 Å². The van der Waals surface area contributed by atoms with E-state index in [1.807, 2.05) is 48.5 Å². The van der Waals surface area contributed by atoms with Crippen molar-refractivity contribution in [2.24, 2.45) is 17.8 Å². The largest absolute Gasteiger partial charge is 0.508 e. The van der Waals surface area contributed by atoms with E-state index in [4.69, 9.17) is 9.47 Å². The smallest absolute Gasteiger partial charge is 0.319 e. The molecule has 12 heteroatoms. The highest BCUT2D eigenvalue weighted by molar-refractivity contribution is 7.99. The number of rotatable bonds is 9. The molecule has 4 aromatic rings. The van der Waals surface area contributed by atoms with Gasteiger partial charge in [-0.2, -0.15) is 4.68 Å². The number of carbonyl (C=O) groups excluding carboxylic acids is 1. The van der Waals surface area contributed by atoms with Crippen LogP contribution in [0.4, 0.5) is 10.5 Å². The minimum Gasteiger partial charge on any atom is -0.508 e. The molecule has 0 unspecified atom stereocenters. The second-order valence-electron chi connectivity index (χ2n) is 14.0. The number of aromatic nitrogens is 4. The molecule has 2 amide bonds. The van der Waals surface area contributed by atoms with Crippen LogP contribution in [0.15, 0.2) is 78.0 Å². The van der Waals surface area contributed by atoms with Gasteiger partial charge in [-0.25, -0.2) is 4.79 Å². The first-order valence-electron chi connectivity index (χ1n) is 16.8. The molecule has 3 atom stereocenters. The number of tetrazole rings is 1. The maximum absolute atomic E-state index is 13.3. The Bertz CT molecular complexity index is 1710. The van der Waals surface area contributed by atoms with Crippen molar-refractivity contribution in [1.82, 2.24) is 25.5 Å². The Kier molecular flexibility index (Phi) is 8.58. The number of nitrogens with one attached hydrogen (secondary N) is 2. The number of aliphatic hydroxyl groups is 1. The predicted molar refractivity (Wildman–Crippen MR) is 179 cm³/mol. The number of benzene rings is 3. The van der Waals surface area contributed by atoms with Gasteiger partial charge < -0.3 is 30.3 Å². The Balaban J connectivity index is 0.980. The van der Waals surface area contributed by atoms with Crippen molar-refractivity contribution in [2.45, 2.75) is 80.7 Å². The first-order valence-corrected chi connectivity index (χ1v) is 17.8. The maximum Gasteiger partial charge on any atom is 0.319 e. The van der Waals surface area contributed by atoms with E-state index in [1.54, 1.807) is 28.9 Å². The van der Waals surface area contributed by atoms with Gasteiger partial charge in [0.05, 0.1) is 24.5 Å². The fourth-order valence-electron chi connectivity index (χ4n) is 8.64. The van der Waals surface area contributed by atoms with E-state index in [1.165, 1.54) is 31.0 Å². The SMILES string of the molecule is O=C(Nc1cccc([C@H]2O[C@@H](CSc3nnnn3-c3ccc(O)cc3)C[C@@H](c3ccc(CO)cc3)O2)c1)NC12CC3CC(CC(C3)C1)C2. The summed E-state index contributed by atoms with van der Waals surface area (Å²) in [5, 5.41) is 38.6. The number of hydrogen-bond acceptors (Lipinski definition) is 9. The van der Waals surface area contributed by atoms with Crippen LogP contribution in [0, 0.1) is 17.8 Å². The normalized spacial score (nSPS) is 29.1. The summed E-state index contributed by atoms with van der Waals surface area (Å²) in [5.41, 5.74) is 4.00. The molecule has 3 aromatic carbocycles. The molecule has 0 radical (unpaired) electrons. The Morgan fingerprint density at radius 2 is 1.65 bits per heavy atom.